The van der Waals surface area contributed by atoms with Gasteiger partial charge in [0.25, 0.3) is 0 Å². The second-order valence-corrected chi connectivity index (χ2v) is 9.91. The highest BCUT2D eigenvalue weighted by molar-refractivity contribution is 6.65. The van der Waals surface area contributed by atoms with E-state index in [2.05, 4.69) is 82.3 Å². The summed E-state index contributed by atoms with van der Waals surface area (Å²) < 4.78 is 19.1. The van der Waals surface area contributed by atoms with Crippen LogP contribution in [0.4, 0.5) is 0 Å². The predicted octanol–water partition coefficient (Wildman–Crippen LogP) is 6.61. The van der Waals surface area contributed by atoms with Crippen LogP contribution in [0.3, 0.4) is 0 Å². The Morgan fingerprint density at radius 3 is 2.00 bits per heavy atom. The summed E-state index contributed by atoms with van der Waals surface area (Å²) in [6.07, 6.45) is 0. The Bertz CT molecular complexity index is 1490. The Balaban J connectivity index is 1.44. The highest BCUT2D eigenvalue weighted by atomic mass is 16.7. The van der Waals surface area contributed by atoms with Crippen molar-refractivity contribution in [3.8, 4) is 22.6 Å². The van der Waals surface area contributed by atoms with Crippen molar-refractivity contribution in [2.75, 3.05) is 0 Å². The first-order valence-corrected chi connectivity index (χ1v) is 11.7. The van der Waals surface area contributed by atoms with E-state index in [4.69, 9.17) is 18.7 Å². The van der Waals surface area contributed by atoms with Gasteiger partial charge in [0.1, 0.15) is 5.52 Å². The summed E-state index contributed by atoms with van der Waals surface area (Å²) in [7, 11) is -0.474. The van der Waals surface area contributed by atoms with Gasteiger partial charge in [-0.25, -0.2) is 4.98 Å². The summed E-state index contributed by atoms with van der Waals surface area (Å²) in [6, 6.07) is 28.9. The van der Waals surface area contributed by atoms with Gasteiger partial charge in [-0.2, -0.15) is 0 Å². The zero-order valence-electron chi connectivity index (χ0n) is 19.8. The van der Waals surface area contributed by atoms with Crippen molar-refractivity contribution in [1.82, 2.24) is 4.98 Å². The third-order valence-corrected chi connectivity index (χ3v) is 7.18. The molecule has 5 aromatic rings. The van der Waals surface area contributed by atoms with Gasteiger partial charge in [-0.15, -0.1) is 0 Å². The molecule has 0 atom stereocenters. The van der Waals surface area contributed by atoms with E-state index in [1.54, 1.807) is 0 Å². The number of rotatable bonds is 3. The van der Waals surface area contributed by atoms with Crippen LogP contribution >= 0.6 is 0 Å². The average Bonchev–Trinajstić information content (AvgIpc) is 3.37. The van der Waals surface area contributed by atoms with Gasteiger partial charge in [-0.1, -0.05) is 66.7 Å². The molecule has 1 aliphatic rings. The smallest absolute Gasteiger partial charge is 0.435 e. The van der Waals surface area contributed by atoms with Gasteiger partial charge < -0.3 is 13.7 Å². The van der Waals surface area contributed by atoms with Crippen molar-refractivity contribution in [2.45, 2.75) is 38.9 Å². The topological polar surface area (TPSA) is 44.5 Å². The van der Waals surface area contributed by atoms with Crippen LogP contribution in [0.2, 0.25) is 0 Å². The Morgan fingerprint density at radius 2 is 1.29 bits per heavy atom. The van der Waals surface area contributed by atoms with Crippen LogP contribution in [-0.2, 0) is 9.31 Å². The molecule has 2 heterocycles. The van der Waals surface area contributed by atoms with E-state index in [-0.39, 0.29) is 0 Å². The molecule has 1 fully saturated rings. The van der Waals surface area contributed by atoms with Crippen LogP contribution in [0, 0.1) is 0 Å². The van der Waals surface area contributed by atoms with E-state index in [0.29, 0.717) is 5.89 Å². The molecule has 5 heteroatoms. The first-order chi connectivity index (χ1) is 16.3. The maximum atomic E-state index is 6.39. The maximum Gasteiger partial charge on any atom is 0.495 e. The molecule has 0 aliphatic carbocycles. The average molecular weight is 447 g/mol. The molecule has 0 saturated carbocycles. The number of fused-ring (bicyclic) bond motifs is 3. The molecule has 34 heavy (non-hydrogen) atoms. The lowest BCUT2D eigenvalue weighted by molar-refractivity contribution is 0.00578. The third-order valence-electron chi connectivity index (χ3n) is 7.18. The summed E-state index contributed by atoms with van der Waals surface area (Å²) in [4.78, 5) is 4.81. The van der Waals surface area contributed by atoms with Gasteiger partial charge in [-0.3, -0.25) is 0 Å². The zero-order chi connectivity index (χ0) is 23.5. The molecule has 0 spiro atoms. The van der Waals surface area contributed by atoms with Crippen molar-refractivity contribution in [3.63, 3.8) is 0 Å². The number of hydrogen-bond acceptors (Lipinski definition) is 4. The highest BCUT2D eigenvalue weighted by Gasteiger charge is 2.52. The first-order valence-electron chi connectivity index (χ1n) is 11.7. The highest BCUT2D eigenvalue weighted by Crippen LogP contribution is 2.38. The van der Waals surface area contributed by atoms with Gasteiger partial charge in [-0.05, 0) is 67.9 Å². The number of oxazole rings is 1. The lowest BCUT2D eigenvalue weighted by atomic mass is 9.76. The third kappa shape index (κ3) is 3.35. The van der Waals surface area contributed by atoms with Crippen molar-refractivity contribution in [2.24, 2.45) is 0 Å². The van der Waals surface area contributed by atoms with E-state index in [9.17, 15) is 0 Å². The molecule has 4 nitrogen and oxygen atoms in total. The lowest BCUT2D eigenvalue weighted by Gasteiger charge is -2.32. The summed E-state index contributed by atoms with van der Waals surface area (Å²) in [5.41, 5.74) is 4.99. The minimum absolute atomic E-state index is 0.416. The Hall–Kier alpha value is -3.41. The molecular formula is C29H26BNO3. The fourth-order valence-electron chi connectivity index (χ4n) is 4.51. The predicted molar refractivity (Wildman–Crippen MR) is 138 cm³/mol. The molecule has 1 saturated heterocycles. The first kappa shape index (κ1) is 21.1. The molecule has 1 aromatic heterocycles. The molecule has 6 rings (SSSR count). The number of benzene rings is 4. The largest absolute Gasteiger partial charge is 0.495 e. The van der Waals surface area contributed by atoms with Crippen LogP contribution in [-0.4, -0.2) is 23.3 Å². The molecule has 1 aliphatic heterocycles. The monoisotopic (exact) mass is 447 g/mol. The van der Waals surface area contributed by atoms with Gasteiger partial charge in [0.15, 0.2) is 5.58 Å². The van der Waals surface area contributed by atoms with Crippen LogP contribution in [0.25, 0.3) is 44.5 Å². The molecule has 0 N–H and O–H groups in total. The Kier molecular flexibility index (Phi) is 4.70. The van der Waals surface area contributed by atoms with Gasteiger partial charge in [0.2, 0.25) is 5.89 Å². The van der Waals surface area contributed by atoms with Crippen molar-refractivity contribution in [3.05, 3.63) is 84.9 Å². The molecule has 0 amide bonds. The second kappa shape index (κ2) is 7.56. The fourth-order valence-corrected chi connectivity index (χ4v) is 4.51. The van der Waals surface area contributed by atoms with E-state index >= 15 is 0 Å². The SMILES string of the molecule is CC1(C)OB(c2cccc3ccc4nc(-c5ccc(-c6ccccc6)cc5)oc4c23)OC1(C)C. The van der Waals surface area contributed by atoms with Gasteiger partial charge in [0, 0.05) is 10.9 Å². The fraction of sp³-hybridized carbons (Fsp3) is 0.207. The minimum Gasteiger partial charge on any atom is -0.435 e. The van der Waals surface area contributed by atoms with E-state index in [1.165, 1.54) is 5.56 Å². The van der Waals surface area contributed by atoms with E-state index < -0.39 is 18.3 Å². The van der Waals surface area contributed by atoms with Crippen molar-refractivity contribution in [1.29, 1.82) is 0 Å². The second-order valence-electron chi connectivity index (χ2n) is 9.91. The van der Waals surface area contributed by atoms with Gasteiger partial charge >= 0.3 is 7.12 Å². The van der Waals surface area contributed by atoms with E-state index in [1.807, 2.05) is 30.3 Å². The van der Waals surface area contributed by atoms with Crippen molar-refractivity contribution >= 4 is 34.5 Å². The molecule has 168 valence electrons. The minimum atomic E-state index is -0.474. The summed E-state index contributed by atoms with van der Waals surface area (Å²) in [5.74, 6) is 0.603. The molecular weight excluding hydrogens is 421 g/mol. The van der Waals surface area contributed by atoms with Crippen LogP contribution < -0.4 is 5.46 Å². The quantitative estimate of drug-likeness (QED) is 0.292. The van der Waals surface area contributed by atoms with Gasteiger partial charge in [0.05, 0.1) is 11.2 Å². The van der Waals surface area contributed by atoms with Crippen molar-refractivity contribution < 1.29 is 13.7 Å². The normalized spacial score (nSPS) is 17.0. The number of hydrogen-bond donors (Lipinski definition) is 0. The van der Waals surface area contributed by atoms with Crippen LogP contribution in [0.1, 0.15) is 27.7 Å². The Morgan fingerprint density at radius 1 is 0.647 bits per heavy atom. The number of aromatic nitrogens is 1. The molecule has 0 unspecified atom stereocenters. The van der Waals surface area contributed by atoms with Crippen LogP contribution in [0.15, 0.2) is 89.3 Å². The zero-order valence-corrected chi connectivity index (χ0v) is 19.8. The molecule has 0 radical (unpaired) electrons. The summed E-state index contributed by atoms with van der Waals surface area (Å²) in [6.45, 7) is 8.28. The Labute approximate surface area is 199 Å². The standard InChI is InChI=1S/C29H26BNO3/c1-28(2)29(3,4)34-30(33-28)23-12-8-11-21-17-18-24-26(25(21)23)32-27(31-24)22-15-13-20(14-16-22)19-9-6-5-7-10-19/h5-18H,1-4H3. The van der Waals surface area contributed by atoms with E-state index in [0.717, 1.165) is 38.5 Å². The van der Waals surface area contributed by atoms with Crippen LogP contribution in [0.5, 0.6) is 0 Å². The molecule has 0 bridgehead atoms. The lowest BCUT2D eigenvalue weighted by Crippen LogP contribution is -2.41. The summed E-state index contributed by atoms with van der Waals surface area (Å²) in [5, 5.41) is 2.06. The molecule has 4 aromatic carbocycles. The number of nitrogens with zero attached hydrogens (tertiary/aromatic N) is 1. The summed E-state index contributed by atoms with van der Waals surface area (Å²) >= 11 is 0. The maximum absolute atomic E-state index is 6.39.